The van der Waals surface area contributed by atoms with Crippen LogP contribution in [0.2, 0.25) is 0 Å². The lowest BCUT2D eigenvalue weighted by atomic mass is 10.2. The molecular formula is C23H35IN6O. The molecule has 2 saturated heterocycles. The Balaban J connectivity index is 0.00000272. The number of aliphatic imine (C=N–C) groups is 1. The Labute approximate surface area is 202 Å². The van der Waals surface area contributed by atoms with Crippen LogP contribution in [-0.4, -0.2) is 83.8 Å². The minimum atomic E-state index is 0. The predicted octanol–water partition coefficient (Wildman–Crippen LogP) is 2.46. The van der Waals surface area contributed by atoms with Crippen molar-refractivity contribution in [3.8, 4) is 0 Å². The van der Waals surface area contributed by atoms with Gasteiger partial charge in [0.05, 0.1) is 13.2 Å². The summed E-state index contributed by atoms with van der Waals surface area (Å²) in [5.41, 5.74) is 1.29. The first-order valence-corrected chi connectivity index (χ1v) is 11.2. The van der Waals surface area contributed by atoms with Crippen molar-refractivity contribution in [3.05, 3.63) is 54.1 Å². The first-order valence-electron chi connectivity index (χ1n) is 11.2. The Bertz CT molecular complexity index is 805. The third-order valence-corrected chi connectivity index (χ3v) is 5.95. The average Bonchev–Trinajstić information content (AvgIpc) is 3.45. The Morgan fingerprint density at radius 3 is 2.77 bits per heavy atom. The second-order valence-corrected chi connectivity index (χ2v) is 7.98. The molecule has 2 aliphatic heterocycles. The molecule has 0 amide bonds. The number of benzene rings is 1. The number of guanidine groups is 1. The summed E-state index contributed by atoms with van der Waals surface area (Å²) in [7, 11) is 0. The monoisotopic (exact) mass is 538 g/mol. The van der Waals surface area contributed by atoms with Gasteiger partial charge in [0, 0.05) is 70.7 Å². The lowest BCUT2D eigenvalue weighted by Gasteiger charge is -2.32. The normalized spacial score (nSPS) is 20.0. The van der Waals surface area contributed by atoms with Crippen LogP contribution in [-0.2, 0) is 17.7 Å². The van der Waals surface area contributed by atoms with Crippen molar-refractivity contribution in [3.63, 3.8) is 0 Å². The molecule has 1 aromatic carbocycles. The zero-order valence-corrected chi connectivity index (χ0v) is 20.8. The molecule has 1 N–H and O–H groups in total. The second kappa shape index (κ2) is 12.4. The topological polar surface area (TPSA) is 57.9 Å². The molecule has 170 valence electrons. The van der Waals surface area contributed by atoms with Crippen molar-refractivity contribution in [2.24, 2.45) is 4.99 Å². The van der Waals surface area contributed by atoms with Crippen LogP contribution >= 0.6 is 24.0 Å². The first-order chi connectivity index (χ1) is 14.8. The number of aromatic nitrogens is 2. The number of likely N-dealkylation sites (tertiary alicyclic amines) is 1. The summed E-state index contributed by atoms with van der Waals surface area (Å²) in [6, 6.07) is 11.1. The molecule has 3 heterocycles. The maximum atomic E-state index is 5.51. The third kappa shape index (κ3) is 6.66. The van der Waals surface area contributed by atoms with Gasteiger partial charge < -0.3 is 19.5 Å². The fourth-order valence-electron chi connectivity index (χ4n) is 4.35. The molecule has 0 spiro atoms. The molecule has 2 aromatic rings. The number of hydrogen-bond donors (Lipinski definition) is 1. The average molecular weight is 538 g/mol. The van der Waals surface area contributed by atoms with Crippen molar-refractivity contribution in [2.45, 2.75) is 32.4 Å². The van der Waals surface area contributed by atoms with Gasteiger partial charge in [-0.25, -0.2) is 4.98 Å². The van der Waals surface area contributed by atoms with Crippen LogP contribution in [0, 0.1) is 0 Å². The number of morpholine rings is 1. The molecule has 2 fully saturated rings. The van der Waals surface area contributed by atoms with Gasteiger partial charge in [-0.3, -0.25) is 9.89 Å². The minimum absolute atomic E-state index is 0. The SMILES string of the molecule is CCNC(=NCCc1nccn1Cc1ccccc1)N1CCC(N2CCOCC2)C1.I. The molecule has 0 aliphatic carbocycles. The summed E-state index contributed by atoms with van der Waals surface area (Å²) < 4.78 is 7.73. The maximum Gasteiger partial charge on any atom is 0.193 e. The number of imidazole rings is 1. The van der Waals surface area contributed by atoms with E-state index < -0.39 is 0 Å². The van der Waals surface area contributed by atoms with Gasteiger partial charge in [0.25, 0.3) is 0 Å². The number of hydrogen-bond acceptors (Lipinski definition) is 4. The Morgan fingerprint density at radius 2 is 2.00 bits per heavy atom. The highest BCUT2D eigenvalue weighted by molar-refractivity contribution is 14.0. The van der Waals surface area contributed by atoms with Crippen LogP contribution < -0.4 is 5.32 Å². The quantitative estimate of drug-likeness (QED) is 0.334. The molecule has 1 atom stereocenters. The van der Waals surface area contributed by atoms with Crippen LogP contribution in [0.4, 0.5) is 0 Å². The highest BCUT2D eigenvalue weighted by atomic mass is 127. The van der Waals surface area contributed by atoms with Crippen molar-refractivity contribution < 1.29 is 4.74 Å². The van der Waals surface area contributed by atoms with E-state index in [4.69, 9.17) is 9.73 Å². The smallest absolute Gasteiger partial charge is 0.193 e. The highest BCUT2D eigenvalue weighted by Gasteiger charge is 2.30. The highest BCUT2D eigenvalue weighted by Crippen LogP contribution is 2.17. The zero-order chi connectivity index (χ0) is 20.6. The number of nitrogens with zero attached hydrogens (tertiary/aromatic N) is 5. The van der Waals surface area contributed by atoms with E-state index in [1.807, 2.05) is 6.20 Å². The van der Waals surface area contributed by atoms with Gasteiger partial charge in [-0.1, -0.05) is 30.3 Å². The second-order valence-electron chi connectivity index (χ2n) is 7.98. The minimum Gasteiger partial charge on any atom is -0.379 e. The molecule has 0 radical (unpaired) electrons. The predicted molar refractivity (Wildman–Crippen MR) is 135 cm³/mol. The summed E-state index contributed by atoms with van der Waals surface area (Å²) >= 11 is 0. The van der Waals surface area contributed by atoms with E-state index in [2.05, 4.69) is 68.1 Å². The summed E-state index contributed by atoms with van der Waals surface area (Å²) in [6.07, 6.45) is 5.99. The summed E-state index contributed by atoms with van der Waals surface area (Å²) in [5, 5.41) is 3.49. The maximum absolute atomic E-state index is 5.51. The third-order valence-electron chi connectivity index (χ3n) is 5.95. The molecule has 4 rings (SSSR count). The zero-order valence-electron chi connectivity index (χ0n) is 18.4. The number of ether oxygens (including phenoxy) is 1. The fourth-order valence-corrected chi connectivity index (χ4v) is 4.35. The van der Waals surface area contributed by atoms with Crippen molar-refractivity contribution >= 4 is 29.9 Å². The molecule has 2 aliphatic rings. The molecule has 8 heteroatoms. The van der Waals surface area contributed by atoms with Gasteiger partial charge in [-0.15, -0.1) is 24.0 Å². The van der Waals surface area contributed by atoms with Crippen LogP contribution in [0.1, 0.15) is 24.7 Å². The summed E-state index contributed by atoms with van der Waals surface area (Å²) in [5.74, 6) is 2.13. The lowest BCUT2D eigenvalue weighted by molar-refractivity contribution is 0.0195. The molecule has 0 bridgehead atoms. The molecule has 0 saturated carbocycles. The van der Waals surface area contributed by atoms with E-state index in [1.165, 1.54) is 12.0 Å². The molecule has 1 aromatic heterocycles. The Morgan fingerprint density at radius 1 is 1.19 bits per heavy atom. The largest absolute Gasteiger partial charge is 0.379 e. The van der Waals surface area contributed by atoms with Gasteiger partial charge in [0.2, 0.25) is 0 Å². The number of rotatable bonds is 7. The summed E-state index contributed by atoms with van der Waals surface area (Å²) in [6.45, 7) is 10.6. The van der Waals surface area contributed by atoms with Crippen LogP contribution in [0.25, 0.3) is 0 Å². The lowest BCUT2D eigenvalue weighted by Crippen LogP contribution is -2.46. The van der Waals surface area contributed by atoms with E-state index in [0.717, 1.165) is 77.2 Å². The number of halogens is 1. The standard InChI is InChI=1S/C23H34N6O.HI/c1-2-24-23(29-12-9-21(19-29)27-14-16-30-17-15-27)26-10-8-22-25-11-13-28(22)18-20-6-4-3-5-7-20;/h3-7,11,13,21H,2,8-10,12,14-19H2,1H3,(H,24,26);1H. The van der Waals surface area contributed by atoms with Gasteiger partial charge in [0.1, 0.15) is 5.82 Å². The molecular weight excluding hydrogens is 503 g/mol. The van der Waals surface area contributed by atoms with E-state index in [9.17, 15) is 0 Å². The summed E-state index contributed by atoms with van der Waals surface area (Å²) in [4.78, 5) is 14.5. The van der Waals surface area contributed by atoms with E-state index in [-0.39, 0.29) is 24.0 Å². The van der Waals surface area contributed by atoms with Gasteiger partial charge in [-0.2, -0.15) is 0 Å². The molecule has 7 nitrogen and oxygen atoms in total. The first kappa shape index (κ1) is 24.0. The van der Waals surface area contributed by atoms with Crippen molar-refractivity contribution in [1.29, 1.82) is 0 Å². The molecule has 31 heavy (non-hydrogen) atoms. The van der Waals surface area contributed by atoms with Crippen molar-refractivity contribution in [2.75, 3.05) is 52.5 Å². The van der Waals surface area contributed by atoms with Gasteiger partial charge in [0.15, 0.2) is 5.96 Å². The Hall–Kier alpha value is -1.65. The van der Waals surface area contributed by atoms with Gasteiger partial charge >= 0.3 is 0 Å². The number of nitrogens with one attached hydrogen (secondary N) is 1. The van der Waals surface area contributed by atoms with E-state index >= 15 is 0 Å². The van der Waals surface area contributed by atoms with Crippen molar-refractivity contribution in [1.82, 2.24) is 24.7 Å². The van der Waals surface area contributed by atoms with Crippen LogP contribution in [0.3, 0.4) is 0 Å². The Kier molecular flexibility index (Phi) is 9.60. The molecule has 1 unspecified atom stereocenters. The van der Waals surface area contributed by atoms with Crippen LogP contribution in [0.5, 0.6) is 0 Å². The van der Waals surface area contributed by atoms with Crippen LogP contribution in [0.15, 0.2) is 47.7 Å². The van der Waals surface area contributed by atoms with E-state index in [1.54, 1.807) is 0 Å². The fraction of sp³-hybridized carbons (Fsp3) is 0.565. The van der Waals surface area contributed by atoms with E-state index in [0.29, 0.717) is 6.04 Å². The van der Waals surface area contributed by atoms with Gasteiger partial charge in [-0.05, 0) is 18.9 Å².